The highest BCUT2D eigenvalue weighted by molar-refractivity contribution is 6.42. The molecule has 0 bridgehead atoms. The number of carbonyl (C=O) groups excluding carboxylic acids is 1. The van der Waals surface area contributed by atoms with Crippen molar-refractivity contribution in [3.05, 3.63) is 68.7 Å². The van der Waals surface area contributed by atoms with Crippen molar-refractivity contribution in [3.8, 4) is 0 Å². The van der Waals surface area contributed by atoms with Crippen molar-refractivity contribution >= 4 is 35.1 Å². The maximum absolute atomic E-state index is 13.7. The highest BCUT2D eigenvalue weighted by Crippen LogP contribution is 2.27. The van der Waals surface area contributed by atoms with Crippen molar-refractivity contribution < 1.29 is 4.79 Å². The molecular formula is C32H48Cl2N6O. The van der Waals surface area contributed by atoms with E-state index in [0.717, 1.165) is 44.3 Å². The van der Waals surface area contributed by atoms with Crippen LogP contribution in [0.15, 0.2) is 41.4 Å². The van der Waals surface area contributed by atoms with Crippen LogP contribution in [-0.2, 0) is 17.6 Å². The third-order valence-electron chi connectivity index (χ3n) is 7.92. The number of aliphatic imine (C=N–C) groups is 1. The summed E-state index contributed by atoms with van der Waals surface area (Å²) < 4.78 is 0. The van der Waals surface area contributed by atoms with Crippen molar-refractivity contribution in [2.45, 2.75) is 84.3 Å². The van der Waals surface area contributed by atoms with Crippen molar-refractivity contribution in [2.75, 3.05) is 26.2 Å². The van der Waals surface area contributed by atoms with Gasteiger partial charge in [-0.15, -0.1) is 0 Å². The van der Waals surface area contributed by atoms with Crippen molar-refractivity contribution in [2.24, 2.45) is 28.1 Å². The third-order valence-corrected chi connectivity index (χ3v) is 8.66. The van der Waals surface area contributed by atoms with Crippen LogP contribution in [0.1, 0.15) is 61.8 Å². The standard InChI is InChI=1S/C32H48Cl2N6O/c1-21(2)14-28-19-39(18-26(35)17-25-10-7-22(3)15-23(25)4)27(6-5-13-38-32(36)37)20-40(28)31(41)12-9-24-8-11-29(33)30(34)16-24/h7-8,10-11,15-16,21,26-28H,5-6,9,12-14,17-20,35H2,1-4H3,(H4,36,37,38)/t26-,27-,28+/m0/s1. The van der Waals surface area contributed by atoms with E-state index < -0.39 is 0 Å². The maximum Gasteiger partial charge on any atom is 0.223 e. The smallest absolute Gasteiger partial charge is 0.223 e. The van der Waals surface area contributed by atoms with E-state index in [1.54, 1.807) is 6.07 Å². The van der Waals surface area contributed by atoms with E-state index in [1.807, 2.05) is 12.1 Å². The normalized spacial score (nSPS) is 18.5. The first-order valence-corrected chi connectivity index (χ1v) is 15.5. The molecule has 1 fully saturated rings. The molecule has 7 nitrogen and oxygen atoms in total. The Morgan fingerprint density at radius 1 is 1.05 bits per heavy atom. The molecule has 0 aromatic heterocycles. The average molecular weight is 604 g/mol. The number of hydrogen-bond acceptors (Lipinski definition) is 4. The molecule has 0 spiro atoms. The largest absolute Gasteiger partial charge is 0.370 e. The van der Waals surface area contributed by atoms with Crippen LogP contribution in [0.4, 0.5) is 0 Å². The van der Waals surface area contributed by atoms with Crippen LogP contribution in [0, 0.1) is 19.8 Å². The van der Waals surface area contributed by atoms with Crippen LogP contribution in [0.3, 0.4) is 0 Å². The van der Waals surface area contributed by atoms with Crippen LogP contribution in [0.5, 0.6) is 0 Å². The van der Waals surface area contributed by atoms with Crippen molar-refractivity contribution in [1.82, 2.24) is 9.80 Å². The zero-order valence-corrected chi connectivity index (χ0v) is 26.6. The number of benzene rings is 2. The first-order chi connectivity index (χ1) is 19.4. The highest BCUT2D eigenvalue weighted by Gasteiger charge is 2.36. The van der Waals surface area contributed by atoms with Gasteiger partial charge in [0.05, 0.1) is 10.0 Å². The van der Waals surface area contributed by atoms with Gasteiger partial charge >= 0.3 is 0 Å². The number of aryl methyl sites for hydroxylation is 3. The van der Waals surface area contributed by atoms with E-state index in [0.29, 0.717) is 41.9 Å². The molecule has 1 amide bonds. The fourth-order valence-electron chi connectivity index (χ4n) is 5.91. The summed E-state index contributed by atoms with van der Waals surface area (Å²) >= 11 is 12.3. The second-order valence-corrected chi connectivity index (χ2v) is 12.8. The number of amides is 1. The van der Waals surface area contributed by atoms with Gasteiger partial charge in [-0.05, 0) is 80.7 Å². The van der Waals surface area contributed by atoms with Crippen molar-refractivity contribution in [1.29, 1.82) is 0 Å². The van der Waals surface area contributed by atoms with Gasteiger partial charge in [-0.3, -0.25) is 14.7 Å². The Labute approximate surface area is 256 Å². The van der Waals surface area contributed by atoms with E-state index in [4.69, 9.17) is 40.4 Å². The molecule has 2 aromatic carbocycles. The summed E-state index contributed by atoms with van der Waals surface area (Å²) in [6, 6.07) is 12.5. The molecule has 0 unspecified atom stereocenters. The first-order valence-electron chi connectivity index (χ1n) is 14.8. The summed E-state index contributed by atoms with van der Waals surface area (Å²) in [5, 5.41) is 1.04. The van der Waals surface area contributed by atoms with Gasteiger partial charge in [-0.2, -0.15) is 0 Å². The number of halogens is 2. The Bertz CT molecular complexity index is 1180. The molecule has 1 aliphatic heterocycles. The molecule has 1 heterocycles. The van der Waals surface area contributed by atoms with E-state index in [2.05, 4.69) is 60.7 Å². The number of piperazine rings is 1. The second kappa shape index (κ2) is 15.8. The summed E-state index contributed by atoms with van der Waals surface area (Å²) in [5.74, 6) is 0.752. The van der Waals surface area contributed by atoms with Gasteiger partial charge in [0.15, 0.2) is 5.96 Å². The molecule has 0 aliphatic carbocycles. The molecule has 0 saturated carbocycles. The number of nitrogens with two attached hydrogens (primary N) is 3. The minimum absolute atomic E-state index is 0.00628. The molecule has 6 N–H and O–H groups in total. The lowest BCUT2D eigenvalue weighted by Crippen LogP contribution is -2.61. The van der Waals surface area contributed by atoms with E-state index in [9.17, 15) is 4.79 Å². The van der Waals surface area contributed by atoms with Gasteiger partial charge in [0.2, 0.25) is 5.91 Å². The molecule has 226 valence electrons. The van der Waals surface area contributed by atoms with Gasteiger partial charge in [-0.25, -0.2) is 0 Å². The molecule has 1 aliphatic rings. The van der Waals surface area contributed by atoms with Gasteiger partial charge in [0, 0.05) is 50.7 Å². The van der Waals surface area contributed by atoms with E-state index in [1.165, 1.54) is 16.7 Å². The third kappa shape index (κ3) is 10.5. The quantitative estimate of drug-likeness (QED) is 0.168. The van der Waals surface area contributed by atoms with Gasteiger partial charge in [0.25, 0.3) is 0 Å². The first kappa shape index (κ1) is 33.2. The summed E-state index contributed by atoms with van der Waals surface area (Å²) in [6.07, 6.45) is 4.55. The lowest BCUT2D eigenvalue weighted by atomic mass is 9.93. The number of carbonyl (C=O) groups is 1. The number of guanidine groups is 1. The molecule has 1 saturated heterocycles. The predicted molar refractivity (Wildman–Crippen MR) is 173 cm³/mol. The number of nitrogens with zero attached hydrogens (tertiary/aromatic N) is 3. The van der Waals surface area contributed by atoms with Crippen molar-refractivity contribution in [3.63, 3.8) is 0 Å². The Balaban J connectivity index is 1.75. The van der Waals surface area contributed by atoms with Gasteiger partial charge in [0.1, 0.15) is 0 Å². The molecule has 2 aromatic rings. The Kier molecular flexibility index (Phi) is 12.8. The lowest BCUT2D eigenvalue weighted by molar-refractivity contribution is -0.138. The van der Waals surface area contributed by atoms with E-state index >= 15 is 0 Å². The SMILES string of the molecule is Cc1ccc(C[C@H](N)CN2C[C@@H](CC(C)C)N(C(=O)CCc3ccc(Cl)c(Cl)c3)C[C@@H]2CCCN=C(N)N)c(C)c1. The maximum atomic E-state index is 13.7. The van der Waals surface area contributed by atoms with Crippen LogP contribution < -0.4 is 17.2 Å². The fourth-order valence-corrected chi connectivity index (χ4v) is 6.23. The van der Waals surface area contributed by atoms with E-state index in [-0.39, 0.29) is 30.0 Å². The highest BCUT2D eigenvalue weighted by atomic mass is 35.5. The minimum atomic E-state index is -0.00628. The molecule has 41 heavy (non-hydrogen) atoms. The average Bonchev–Trinajstić information content (AvgIpc) is 2.89. The Morgan fingerprint density at radius 2 is 1.80 bits per heavy atom. The lowest BCUT2D eigenvalue weighted by Gasteiger charge is -2.48. The Morgan fingerprint density at radius 3 is 2.46 bits per heavy atom. The summed E-state index contributed by atoms with van der Waals surface area (Å²) in [5.41, 5.74) is 22.7. The summed E-state index contributed by atoms with van der Waals surface area (Å²) in [4.78, 5) is 22.5. The minimum Gasteiger partial charge on any atom is -0.370 e. The number of rotatable bonds is 13. The molecule has 3 rings (SSSR count). The zero-order chi connectivity index (χ0) is 30.1. The summed E-state index contributed by atoms with van der Waals surface area (Å²) in [7, 11) is 0. The zero-order valence-electron chi connectivity index (χ0n) is 25.1. The van der Waals surface area contributed by atoms with Gasteiger partial charge in [-0.1, -0.05) is 66.9 Å². The van der Waals surface area contributed by atoms with Crippen LogP contribution >= 0.6 is 23.2 Å². The van der Waals surface area contributed by atoms with Crippen LogP contribution in [0.25, 0.3) is 0 Å². The van der Waals surface area contributed by atoms with Gasteiger partial charge < -0.3 is 22.1 Å². The van der Waals surface area contributed by atoms with Crippen LogP contribution in [-0.4, -0.2) is 66.0 Å². The molecular weight excluding hydrogens is 555 g/mol. The topological polar surface area (TPSA) is 114 Å². The Hall–Kier alpha value is -2.32. The monoisotopic (exact) mass is 602 g/mol. The molecule has 9 heteroatoms. The predicted octanol–water partition coefficient (Wildman–Crippen LogP) is 5.09. The molecule has 0 radical (unpaired) electrons. The fraction of sp³-hybridized carbons (Fsp3) is 0.562. The van der Waals surface area contributed by atoms with Crippen LogP contribution in [0.2, 0.25) is 10.0 Å². The number of hydrogen-bond donors (Lipinski definition) is 3. The summed E-state index contributed by atoms with van der Waals surface area (Å²) in [6.45, 7) is 11.5. The molecule has 3 atom stereocenters. The second-order valence-electron chi connectivity index (χ2n) is 12.0.